The van der Waals surface area contributed by atoms with Gasteiger partial charge in [-0.15, -0.1) is 0 Å². The zero-order valence-electron chi connectivity index (χ0n) is 13.2. The fourth-order valence-electron chi connectivity index (χ4n) is 2.11. The van der Waals surface area contributed by atoms with Crippen LogP contribution in [0.1, 0.15) is 19.4 Å². The van der Waals surface area contributed by atoms with E-state index in [0.717, 1.165) is 35.4 Å². The van der Waals surface area contributed by atoms with Crippen molar-refractivity contribution in [3.63, 3.8) is 0 Å². The summed E-state index contributed by atoms with van der Waals surface area (Å²) in [6.07, 6.45) is 0. The van der Waals surface area contributed by atoms with Crippen LogP contribution in [0.25, 0.3) is 0 Å². The molecule has 0 unspecified atom stereocenters. The first-order valence-corrected chi connectivity index (χ1v) is 7.81. The van der Waals surface area contributed by atoms with Crippen molar-refractivity contribution >= 4 is 27.5 Å². The van der Waals surface area contributed by atoms with Crippen molar-refractivity contribution in [2.75, 3.05) is 38.6 Å². The second kappa shape index (κ2) is 8.24. The lowest BCUT2D eigenvalue weighted by Crippen LogP contribution is -2.35. The lowest BCUT2D eigenvalue weighted by atomic mass is 10.1. The van der Waals surface area contributed by atoms with Crippen LogP contribution in [-0.4, -0.2) is 49.7 Å². The molecule has 0 aliphatic rings. The standard InChI is InChI=1S/C15H25BrN4O/c1-11(2)10-20(8-7-19(3)4)14-6-5-12(16)9-13(14)15(17)18-21/h5-6,9,11,21H,7-8,10H2,1-4H3,(H2,17,18). The molecule has 0 radical (unpaired) electrons. The van der Waals surface area contributed by atoms with E-state index in [0.29, 0.717) is 5.92 Å². The Balaban J connectivity index is 3.16. The first-order chi connectivity index (χ1) is 9.85. The molecular weight excluding hydrogens is 332 g/mol. The maximum atomic E-state index is 9.01. The number of anilines is 1. The molecule has 0 saturated heterocycles. The summed E-state index contributed by atoms with van der Waals surface area (Å²) in [7, 11) is 4.11. The number of benzene rings is 1. The van der Waals surface area contributed by atoms with E-state index < -0.39 is 0 Å². The molecule has 1 aromatic rings. The summed E-state index contributed by atoms with van der Waals surface area (Å²) in [5, 5.41) is 12.2. The van der Waals surface area contributed by atoms with Gasteiger partial charge in [-0.2, -0.15) is 0 Å². The minimum atomic E-state index is 0.130. The van der Waals surface area contributed by atoms with E-state index in [9.17, 15) is 0 Å². The van der Waals surface area contributed by atoms with Gasteiger partial charge in [0.25, 0.3) is 0 Å². The number of rotatable bonds is 7. The third-order valence-electron chi connectivity index (χ3n) is 3.09. The fraction of sp³-hybridized carbons (Fsp3) is 0.533. The SMILES string of the molecule is CC(C)CN(CCN(C)C)c1ccc(Br)cc1/C(N)=N/O. The van der Waals surface area contributed by atoms with Crippen LogP contribution in [0.2, 0.25) is 0 Å². The molecule has 0 fully saturated rings. The van der Waals surface area contributed by atoms with Gasteiger partial charge in [0.15, 0.2) is 5.84 Å². The number of halogens is 1. The van der Waals surface area contributed by atoms with Crippen molar-refractivity contribution in [2.24, 2.45) is 16.8 Å². The smallest absolute Gasteiger partial charge is 0.172 e. The van der Waals surface area contributed by atoms with Gasteiger partial charge in [0.05, 0.1) is 0 Å². The van der Waals surface area contributed by atoms with Gasteiger partial charge in [-0.1, -0.05) is 34.9 Å². The molecule has 6 heteroatoms. The fourth-order valence-corrected chi connectivity index (χ4v) is 2.48. The highest BCUT2D eigenvalue weighted by Gasteiger charge is 2.16. The number of hydrogen-bond donors (Lipinski definition) is 2. The number of likely N-dealkylation sites (N-methyl/N-ethyl adjacent to an activating group) is 1. The van der Waals surface area contributed by atoms with E-state index in [2.05, 4.69) is 58.8 Å². The summed E-state index contributed by atoms with van der Waals surface area (Å²) in [6.45, 7) is 7.12. The molecule has 0 aromatic heterocycles. The number of nitrogens with zero attached hydrogens (tertiary/aromatic N) is 3. The molecule has 21 heavy (non-hydrogen) atoms. The highest BCUT2D eigenvalue weighted by Crippen LogP contribution is 2.25. The van der Waals surface area contributed by atoms with Gasteiger partial charge in [0.1, 0.15) is 0 Å². The minimum absolute atomic E-state index is 0.130. The van der Waals surface area contributed by atoms with Crippen molar-refractivity contribution in [1.29, 1.82) is 0 Å². The van der Waals surface area contributed by atoms with Crippen molar-refractivity contribution < 1.29 is 5.21 Å². The van der Waals surface area contributed by atoms with E-state index >= 15 is 0 Å². The molecule has 5 nitrogen and oxygen atoms in total. The van der Waals surface area contributed by atoms with Crippen LogP contribution in [-0.2, 0) is 0 Å². The summed E-state index contributed by atoms with van der Waals surface area (Å²) in [5.74, 6) is 0.654. The maximum Gasteiger partial charge on any atom is 0.172 e. The van der Waals surface area contributed by atoms with Crippen LogP contribution in [0.4, 0.5) is 5.69 Å². The Morgan fingerprint density at radius 1 is 1.33 bits per heavy atom. The van der Waals surface area contributed by atoms with Gasteiger partial charge >= 0.3 is 0 Å². The molecule has 0 bridgehead atoms. The quantitative estimate of drug-likeness (QED) is 0.341. The number of amidine groups is 1. The molecule has 0 amide bonds. The van der Waals surface area contributed by atoms with Crippen molar-refractivity contribution in [3.05, 3.63) is 28.2 Å². The molecule has 1 aromatic carbocycles. The van der Waals surface area contributed by atoms with E-state index in [1.165, 1.54) is 0 Å². The Bertz CT molecular complexity index is 489. The third-order valence-corrected chi connectivity index (χ3v) is 3.58. The second-order valence-corrected chi connectivity index (χ2v) is 6.71. The number of hydrogen-bond acceptors (Lipinski definition) is 4. The van der Waals surface area contributed by atoms with Gasteiger partial charge in [-0.05, 0) is 38.2 Å². The predicted molar refractivity (Wildman–Crippen MR) is 92.3 cm³/mol. The molecule has 118 valence electrons. The highest BCUT2D eigenvalue weighted by molar-refractivity contribution is 9.10. The van der Waals surface area contributed by atoms with Crippen molar-refractivity contribution in [3.8, 4) is 0 Å². The summed E-state index contributed by atoms with van der Waals surface area (Å²) in [5.41, 5.74) is 7.56. The lowest BCUT2D eigenvalue weighted by Gasteiger charge is -2.30. The van der Waals surface area contributed by atoms with Gasteiger partial charge < -0.3 is 20.7 Å². The Hall–Kier alpha value is -1.27. The first kappa shape index (κ1) is 17.8. The Kier molecular flexibility index (Phi) is 6.98. The molecule has 0 aliphatic carbocycles. The van der Waals surface area contributed by atoms with Crippen molar-refractivity contribution in [2.45, 2.75) is 13.8 Å². The van der Waals surface area contributed by atoms with Gasteiger partial charge in [0, 0.05) is 35.4 Å². The normalized spacial score (nSPS) is 12.2. The summed E-state index contributed by atoms with van der Waals surface area (Å²) in [4.78, 5) is 4.43. The number of oxime groups is 1. The van der Waals surface area contributed by atoms with Crippen molar-refractivity contribution in [1.82, 2.24) is 4.90 Å². The molecule has 1 rings (SSSR count). The Labute approximate surface area is 135 Å². The lowest BCUT2D eigenvalue weighted by molar-refractivity contribution is 0.318. The summed E-state index contributed by atoms with van der Waals surface area (Å²) in [6, 6.07) is 5.87. The average Bonchev–Trinajstić information content (AvgIpc) is 2.42. The molecule has 0 spiro atoms. The van der Waals surface area contributed by atoms with Crippen LogP contribution in [0.5, 0.6) is 0 Å². The van der Waals surface area contributed by atoms with E-state index in [-0.39, 0.29) is 5.84 Å². The van der Waals surface area contributed by atoms with Crippen LogP contribution in [0.3, 0.4) is 0 Å². The predicted octanol–water partition coefficient (Wildman–Crippen LogP) is 2.57. The topological polar surface area (TPSA) is 65.1 Å². The van der Waals surface area contributed by atoms with Crippen LogP contribution in [0, 0.1) is 5.92 Å². The molecule has 3 N–H and O–H groups in total. The monoisotopic (exact) mass is 356 g/mol. The Morgan fingerprint density at radius 3 is 2.52 bits per heavy atom. The van der Waals surface area contributed by atoms with Crippen LogP contribution in [0.15, 0.2) is 27.8 Å². The van der Waals surface area contributed by atoms with E-state index in [1.54, 1.807) is 0 Å². The van der Waals surface area contributed by atoms with Gasteiger partial charge in [-0.25, -0.2) is 0 Å². The summed E-state index contributed by atoms with van der Waals surface area (Å²) < 4.78 is 0.907. The molecule has 0 atom stereocenters. The number of nitrogens with two attached hydrogens (primary N) is 1. The minimum Gasteiger partial charge on any atom is -0.409 e. The van der Waals surface area contributed by atoms with Crippen LogP contribution >= 0.6 is 15.9 Å². The highest BCUT2D eigenvalue weighted by atomic mass is 79.9. The van der Waals surface area contributed by atoms with Gasteiger partial charge in [0.2, 0.25) is 0 Å². The zero-order valence-corrected chi connectivity index (χ0v) is 14.8. The second-order valence-electron chi connectivity index (χ2n) is 5.79. The molecule has 0 saturated carbocycles. The van der Waals surface area contributed by atoms with E-state index in [1.807, 2.05) is 18.2 Å². The molecule has 0 aliphatic heterocycles. The van der Waals surface area contributed by atoms with Gasteiger partial charge in [-0.3, -0.25) is 0 Å². The maximum absolute atomic E-state index is 9.01. The first-order valence-electron chi connectivity index (χ1n) is 7.02. The Morgan fingerprint density at radius 2 is 2.00 bits per heavy atom. The third kappa shape index (κ3) is 5.55. The zero-order chi connectivity index (χ0) is 16.0. The molecule has 0 heterocycles. The van der Waals surface area contributed by atoms with Crippen LogP contribution < -0.4 is 10.6 Å². The summed E-state index contributed by atoms with van der Waals surface area (Å²) >= 11 is 3.44. The van der Waals surface area contributed by atoms with E-state index in [4.69, 9.17) is 10.9 Å². The molecular formula is C15H25BrN4O. The average molecular weight is 357 g/mol. The largest absolute Gasteiger partial charge is 0.409 e.